The molecule has 1 aromatic rings. The van der Waals surface area contributed by atoms with Gasteiger partial charge >= 0.3 is 0 Å². The summed E-state index contributed by atoms with van der Waals surface area (Å²) in [5.74, 6) is -0.405. The number of amides is 1. The maximum Gasteiger partial charge on any atom is 0.282 e. The topological polar surface area (TPSA) is 72.2 Å². The molecule has 0 radical (unpaired) electrons. The molecule has 1 unspecified atom stereocenters. The fourth-order valence-electron chi connectivity index (χ4n) is 1.54. The van der Waals surface area contributed by atoms with Gasteiger partial charge in [-0.05, 0) is 18.9 Å². The third-order valence-corrected chi connectivity index (χ3v) is 3.57. The summed E-state index contributed by atoms with van der Waals surface area (Å²) in [5, 5.41) is 13.6. The molecule has 18 heavy (non-hydrogen) atoms. The van der Waals surface area contributed by atoms with E-state index in [9.17, 15) is 14.9 Å². The molecule has 0 saturated carbocycles. The van der Waals surface area contributed by atoms with Gasteiger partial charge in [-0.2, -0.15) is 0 Å². The summed E-state index contributed by atoms with van der Waals surface area (Å²) >= 11 is 3.40. The Morgan fingerprint density at radius 1 is 1.56 bits per heavy atom. The minimum absolute atomic E-state index is 0.137. The number of aryl methyl sites for hydroxylation is 1. The highest BCUT2D eigenvalue weighted by Gasteiger charge is 2.22. The number of nitrogens with zero attached hydrogens (tertiary/aromatic N) is 1. The Morgan fingerprint density at radius 3 is 2.78 bits per heavy atom. The molecule has 1 amide bonds. The highest BCUT2D eigenvalue weighted by atomic mass is 79.9. The first-order chi connectivity index (χ1) is 8.47. The standard InChI is InChI=1S/C12H15BrN2O3/c1-3-9(13)7-14-12(16)11-8(2)5-4-6-10(11)15(17)18/h4-6,9H,3,7H2,1-2H3,(H,14,16). The zero-order chi connectivity index (χ0) is 13.7. The SMILES string of the molecule is CCC(Br)CNC(=O)c1c(C)cccc1[N+](=O)[O-]. The van der Waals surface area contributed by atoms with E-state index in [0.717, 1.165) is 6.42 Å². The number of rotatable bonds is 5. The van der Waals surface area contributed by atoms with Gasteiger partial charge < -0.3 is 5.32 Å². The Bertz CT molecular complexity index is 463. The smallest absolute Gasteiger partial charge is 0.282 e. The van der Waals surface area contributed by atoms with Crippen LogP contribution in [0.15, 0.2) is 18.2 Å². The van der Waals surface area contributed by atoms with Crippen LogP contribution in [0, 0.1) is 17.0 Å². The molecule has 0 aromatic heterocycles. The molecule has 0 heterocycles. The highest BCUT2D eigenvalue weighted by Crippen LogP contribution is 2.21. The lowest BCUT2D eigenvalue weighted by atomic mass is 10.1. The number of nitro benzene ring substituents is 1. The lowest BCUT2D eigenvalue weighted by Crippen LogP contribution is -2.30. The van der Waals surface area contributed by atoms with Crippen molar-refractivity contribution in [2.45, 2.75) is 25.1 Å². The molecule has 0 bridgehead atoms. The van der Waals surface area contributed by atoms with E-state index >= 15 is 0 Å². The van der Waals surface area contributed by atoms with Crippen LogP contribution >= 0.6 is 15.9 Å². The van der Waals surface area contributed by atoms with Crippen molar-refractivity contribution in [3.8, 4) is 0 Å². The average molecular weight is 315 g/mol. The zero-order valence-electron chi connectivity index (χ0n) is 10.3. The van der Waals surface area contributed by atoms with Crippen LogP contribution in [0.3, 0.4) is 0 Å². The number of hydrogen-bond donors (Lipinski definition) is 1. The van der Waals surface area contributed by atoms with Gasteiger partial charge in [-0.1, -0.05) is 35.0 Å². The quantitative estimate of drug-likeness (QED) is 0.516. The molecule has 98 valence electrons. The Hall–Kier alpha value is -1.43. The Kier molecular flexibility index (Phi) is 5.27. The van der Waals surface area contributed by atoms with Crippen LogP contribution < -0.4 is 5.32 Å². The Labute approximate surface area is 114 Å². The van der Waals surface area contributed by atoms with Gasteiger partial charge in [0.1, 0.15) is 5.56 Å². The summed E-state index contributed by atoms with van der Waals surface area (Å²) in [5.41, 5.74) is 0.581. The van der Waals surface area contributed by atoms with E-state index in [1.807, 2.05) is 6.92 Å². The molecule has 1 rings (SSSR count). The van der Waals surface area contributed by atoms with Crippen LogP contribution in [0.5, 0.6) is 0 Å². The summed E-state index contributed by atoms with van der Waals surface area (Å²) in [4.78, 5) is 22.5. The summed E-state index contributed by atoms with van der Waals surface area (Å²) in [6.07, 6.45) is 0.871. The molecular formula is C12H15BrN2O3. The number of nitrogens with one attached hydrogen (secondary N) is 1. The number of hydrogen-bond acceptors (Lipinski definition) is 3. The first kappa shape index (κ1) is 14.6. The van der Waals surface area contributed by atoms with Crippen LogP contribution in [0.2, 0.25) is 0 Å². The fraction of sp³-hybridized carbons (Fsp3) is 0.417. The predicted octanol–water partition coefficient (Wildman–Crippen LogP) is 2.81. The normalized spacial score (nSPS) is 11.9. The van der Waals surface area contributed by atoms with Crippen molar-refractivity contribution in [3.05, 3.63) is 39.4 Å². The number of carbonyl (C=O) groups excluding carboxylic acids is 1. The molecule has 0 fully saturated rings. The Morgan fingerprint density at radius 2 is 2.22 bits per heavy atom. The second-order valence-electron chi connectivity index (χ2n) is 3.94. The number of halogens is 1. The molecule has 0 aliphatic heterocycles. The van der Waals surface area contributed by atoms with Crippen molar-refractivity contribution in [1.82, 2.24) is 5.32 Å². The van der Waals surface area contributed by atoms with Gasteiger partial charge in [-0.15, -0.1) is 0 Å². The van der Waals surface area contributed by atoms with Crippen molar-refractivity contribution in [2.75, 3.05) is 6.54 Å². The van der Waals surface area contributed by atoms with Crippen molar-refractivity contribution in [2.24, 2.45) is 0 Å². The first-order valence-electron chi connectivity index (χ1n) is 5.63. The molecule has 1 aromatic carbocycles. The number of carbonyl (C=O) groups is 1. The van der Waals surface area contributed by atoms with Crippen molar-refractivity contribution in [1.29, 1.82) is 0 Å². The van der Waals surface area contributed by atoms with Gasteiger partial charge in [0.2, 0.25) is 0 Å². The van der Waals surface area contributed by atoms with Crippen LogP contribution in [0.25, 0.3) is 0 Å². The molecule has 5 nitrogen and oxygen atoms in total. The van der Waals surface area contributed by atoms with Crippen LogP contribution in [0.4, 0.5) is 5.69 Å². The van der Waals surface area contributed by atoms with E-state index in [-0.39, 0.29) is 16.1 Å². The molecule has 6 heteroatoms. The molecular weight excluding hydrogens is 300 g/mol. The zero-order valence-corrected chi connectivity index (χ0v) is 11.9. The molecule has 0 aliphatic carbocycles. The highest BCUT2D eigenvalue weighted by molar-refractivity contribution is 9.09. The van der Waals surface area contributed by atoms with E-state index < -0.39 is 10.8 Å². The van der Waals surface area contributed by atoms with Crippen LogP contribution in [-0.4, -0.2) is 22.2 Å². The molecule has 0 saturated heterocycles. The lowest BCUT2D eigenvalue weighted by Gasteiger charge is -2.10. The van der Waals surface area contributed by atoms with Gasteiger partial charge in [0.25, 0.3) is 11.6 Å². The molecule has 0 aliphatic rings. The van der Waals surface area contributed by atoms with Crippen molar-refractivity contribution < 1.29 is 9.72 Å². The molecule has 0 spiro atoms. The third kappa shape index (κ3) is 3.53. The monoisotopic (exact) mass is 314 g/mol. The molecule has 1 N–H and O–H groups in total. The van der Waals surface area contributed by atoms with Crippen LogP contribution in [-0.2, 0) is 0 Å². The predicted molar refractivity (Wildman–Crippen MR) is 73.2 cm³/mol. The lowest BCUT2D eigenvalue weighted by molar-refractivity contribution is -0.385. The second kappa shape index (κ2) is 6.49. The Balaban J connectivity index is 2.94. The minimum Gasteiger partial charge on any atom is -0.351 e. The van der Waals surface area contributed by atoms with Crippen LogP contribution in [0.1, 0.15) is 29.3 Å². The summed E-state index contributed by atoms with van der Waals surface area (Å²) in [6, 6.07) is 4.60. The van der Waals surface area contributed by atoms with E-state index in [1.165, 1.54) is 6.07 Å². The van der Waals surface area contributed by atoms with Crippen molar-refractivity contribution >= 4 is 27.5 Å². The van der Waals surface area contributed by atoms with Gasteiger partial charge in [-0.3, -0.25) is 14.9 Å². The minimum atomic E-state index is -0.534. The largest absolute Gasteiger partial charge is 0.351 e. The summed E-state index contributed by atoms with van der Waals surface area (Å²) in [7, 11) is 0. The van der Waals surface area contributed by atoms with E-state index in [1.54, 1.807) is 19.1 Å². The fourth-order valence-corrected chi connectivity index (χ4v) is 1.70. The maximum absolute atomic E-state index is 12.0. The van der Waals surface area contributed by atoms with E-state index in [0.29, 0.717) is 12.1 Å². The number of alkyl halides is 1. The van der Waals surface area contributed by atoms with Crippen molar-refractivity contribution in [3.63, 3.8) is 0 Å². The number of benzene rings is 1. The van der Waals surface area contributed by atoms with Gasteiger partial charge in [0, 0.05) is 17.4 Å². The van der Waals surface area contributed by atoms with Gasteiger partial charge in [-0.25, -0.2) is 0 Å². The van der Waals surface area contributed by atoms with E-state index in [4.69, 9.17) is 0 Å². The second-order valence-corrected chi connectivity index (χ2v) is 5.24. The first-order valence-corrected chi connectivity index (χ1v) is 6.55. The maximum atomic E-state index is 12.0. The summed E-state index contributed by atoms with van der Waals surface area (Å²) < 4.78 is 0. The number of nitro groups is 1. The summed E-state index contributed by atoms with van der Waals surface area (Å²) in [6.45, 7) is 4.12. The van der Waals surface area contributed by atoms with Gasteiger partial charge in [0.15, 0.2) is 0 Å². The third-order valence-electron chi connectivity index (χ3n) is 2.60. The van der Waals surface area contributed by atoms with E-state index in [2.05, 4.69) is 21.2 Å². The average Bonchev–Trinajstić information content (AvgIpc) is 2.34. The molecule has 1 atom stereocenters. The van der Waals surface area contributed by atoms with Gasteiger partial charge in [0.05, 0.1) is 4.92 Å².